The first-order valence-corrected chi connectivity index (χ1v) is 9.82. The Morgan fingerprint density at radius 3 is 2.86 bits per heavy atom. The van der Waals surface area contributed by atoms with Crippen LogP contribution in [0.2, 0.25) is 0 Å². The Morgan fingerprint density at radius 2 is 2.24 bits per heavy atom. The number of aromatic amines is 1. The Kier molecular flexibility index (Phi) is 5.40. The second-order valence-electron chi connectivity index (χ2n) is 6.12. The molecule has 1 saturated heterocycles. The Balaban J connectivity index is 1.96. The predicted octanol–water partition coefficient (Wildman–Crippen LogP) is 2.08. The highest BCUT2D eigenvalue weighted by Gasteiger charge is 2.31. The zero-order valence-electron chi connectivity index (χ0n) is 12.9. The fourth-order valence-corrected chi connectivity index (χ4v) is 4.82. The molecule has 0 aliphatic carbocycles. The molecule has 21 heavy (non-hydrogen) atoms. The molecule has 0 saturated carbocycles. The molecule has 3 N–H and O–H groups in total. The van der Waals surface area contributed by atoms with Crippen LogP contribution in [0.25, 0.3) is 0 Å². The summed E-state index contributed by atoms with van der Waals surface area (Å²) in [4.78, 5) is 3.33. The van der Waals surface area contributed by atoms with Gasteiger partial charge in [-0.2, -0.15) is 11.8 Å². The van der Waals surface area contributed by atoms with E-state index in [4.69, 9.17) is 0 Å². The van der Waals surface area contributed by atoms with Crippen LogP contribution in [0.15, 0.2) is 17.2 Å². The van der Waals surface area contributed by atoms with Crippen molar-refractivity contribution in [3.8, 4) is 0 Å². The van der Waals surface area contributed by atoms with Gasteiger partial charge in [-0.3, -0.25) is 0 Å². The van der Waals surface area contributed by atoms with Crippen LogP contribution in [0.5, 0.6) is 0 Å². The van der Waals surface area contributed by atoms with E-state index in [1.807, 2.05) is 11.8 Å². The highest BCUT2D eigenvalue weighted by Crippen LogP contribution is 2.37. The molecule has 0 amide bonds. The summed E-state index contributed by atoms with van der Waals surface area (Å²) in [5, 5.41) is 3.26. The van der Waals surface area contributed by atoms with Crippen LogP contribution in [0.3, 0.4) is 0 Å². The fourth-order valence-electron chi connectivity index (χ4n) is 2.30. The lowest BCUT2D eigenvalue weighted by atomic mass is 10.1. The van der Waals surface area contributed by atoms with Crippen molar-refractivity contribution >= 4 is 21.8 Å². The third-order valence-electron chi connectivity index (χ3n) is 3.66. The second kappa shape index (κ2) is 6.73. The SMILES string of the molecule is CC(C)NCc1cc(S(=O)(=O)NCC2(C)CCCS2)c[nH]1. The van der Waals surface area contributed by atoms with Crippen molar-refractivity contribution in [3.63, 3.8) is 0 Å². The van der Waals surface area contributed by atoms with Gasteiger partial charge in [0.15, 0.2) is 0 Å². The molecule has 1 aromatic rings. The lowest BCUT2D eigenvalue weighted by molar-refractivity contribution is 0.552. The summed E-state index contributed by atoms with van der Waals surface area (Å²) < 4.78 is 27.4. The topological polar surface area (TPSA) is 74.0 Å². The maximum atomic E-state index is 12.3. The van der Waals surface area contributed by atoms with Gasteiger partial charge in [-0.05, 0) is 31.6 Å². The molecule has 2 rings (SSSR count). The van der Waals surface area contributed by atoms with E-state index >= 15 is 0 Å². The monoisotopic (exact) mass is 331 g/mol. The lowest BCUT2D eigenvalue weighted by Crippen LogP contribution is -2.36. The number of H-pyrrole nitrogens is 1. The highest BCUT2D eigenvalue weighted by atomic mass is 32.2. The average molecular weight is 332 g/mol. The summed E-state index contributed by atoms with van der Waals surface area (Å²) >= 11 is 1.85. The Morgan fingerprint density at radius 1 is 1.48 bits per heavy atom. The first-order chi connectivity index (χ1) is 9.81. The van der Waals surface area contributed by atoms with Gasteiger partial charge in [0.1, 0.15) is 0 Å². The van der Waals surface area contributed by atoms with Gasteiger partial charge in [0.2, 0.25) is 10.0 Å². The molecule has 1 aromatic heterocycles. The van der Waals surface area contributed by atoms with Crippen LogP contribution >= 0.6 is 11.8 Å². The number of aromatic nitrogens is 1. The van der Waals surface area contributed by atoms with E-state index < -0.39 is 10.0 Å². The smallest absolute Gasteiger partial charge is 0.242 e. The maximum Gasteiger partial charge on any atom is 0.242 e. The Hall–Kier alpha value is -0.500. The molecule has 0 radical (unpaired) electrons. The molecule has 1 aliphatic rings. The average Bonchev–Trinajstić information content (AvgIpc) is 3.04. The molecule has 0 bridgehead atoms. The molecule has 7 heteroatoms. The van der Waals surface area contributed by atoms with Crippen LogP contribution < -0.4 is 10.0 Å². The van der Waals surface area contributed by atoms with Gasteiger partial charge in [-0.1, -0.05) is 13.8 Å². The number of hydrogen-bond donors (Lipinski definition) is 3. The maximum absolute atomic E-state index is 12.3. The van der Waals surface area contributed by atoms with Crippen molar-refractivity contribution in [2.45, 2.75) is 55.8 Å². The van der Waals surface area contributed by atoms with E-state index in [1.54, 1.807) is 12.3 Å². The first-order valence-electron chi connectivity index (χ1n) is 7.35. The van der Waals surface area contributed by atoms with Crippen molar-refractivity contribution in [1.29, 1.82) is 0 Å². The van der Waals surface area contributed by atoms with E-state index in [0.29, 0.717) is 24.0 Å². The molecule has 0 spiro atoms. The molecule has 2 heterocycles. The van der Waals surface area contributed by atoms with E-state index in [0.717, 1.165) is 24.3 Å². The van der Waals surface area contributed by atoms with Crippen LogP contribution in [-0.4, -0.2) is 36.5 Å². The van der Waals surface area contributed by atoms with E-state index in [1.165, 1.54) is 0 Å². The number of nitrogens with one attached hydrogen (secondary N) is 3. The third-order valence-corrected chi connectivity index (χ3v) is 6.58. The minimum Gasteiger partial charge on any atom is -0.363 e. The summed E-state index contributed by atoms with van der Waals surface area (Å²) in [6, 6.07) is 2.06. The molecule has 5 nitrogen and oxygen atoms in total. The molecule has 1 unspecified atom stereocenters. The van der Waals surface area contributed by atoms with E-state index in [-0.39, 0.29) is 4.75 Å². The molecule has 1 fully saturated rings. The van der Waals surface area contributed by atoms with Crippen molar-refractivity contribution in [2.24, 2.45) is 0 Å². The largest absolute Gasteiger partial charge is 0.363 e. The second-order valence-corrected chi connectivity index (χ2v) is 9.57. The summed E-state index contributed by atoms with van der Waals surface area (Å²) in [5.74, 6) is 1.12. The quantitative estimate of drug-likeness (QED) is 0.715. The normalized spacial score (nSPS) is 23.0. The van der Waals surface area contributed by atoms with Gasteiger partial charge in [-0.25, -0.2) is 13.1 Å². The molecule has 1 atom stereocenters. The third kappa shape index (κ3) is 4.74. The molecule has 0 aromatic carbocycles. The van der Waals surface area contributed by atoms with Crippen LogP contribution in [0, 0.1) is 0 Å². The van der Waals surface area contributed by atoms with Crippen molar-refractivity contribution < 1.29 is 8.42 Å². The standard InChI is InChI=1S/C14H25N3O2S2/c1-11(2)15-8-12-7-13(9-16-12)21(18,19)17-10-14(3)5-4-6-20-14/h7,9,11,15-17H,4-6,8,10H2,1-3H3. The van der Waals surface area contributed by atoms with Gasteiger partial charge in [-0.15, -0.1) is 0 Å². The number of sulfonamides is 1. The number of hydrogen-bond acceptors (Lipinski definition) is 4. The summed E-state index contributed by atoms with van der Waals surface area (Å²) in [6.07, 6.45) is 3.79. The first kappa shape index (κ1) is 16.9. The predicted molar refractivity (Wildman–Crippen MR) is 88.1 cm³/mol. The minimum atomic E-state index is -3.43. The zero-order valence-corrected chi connectivity index (χ0v) is 14.5. The van der Waals surface area contributed by atoms with Gasteiger partial charge in [0, 0.05) is 35.8 Å². The van der Waals surface area contributed by atoms with E-state index in [9.17, 15) is 8.42 Å². The summed E-state index contributed by atoms with van der Waals surface area (Å²) in [7, 11) is -3.43. The van der Waals surface area contributed by atoms with Crippen molar-refractivity contribution in [3.05, 3.63) is 18.0 Å². The molecular weight excluding hydrogens is 306 g/mol. The van der Waals surface area contributed by atoms with Gasteiger partial charge in [0.25, 0.3) is 0 Å². The molecule has 120 valence electrons. The summed E-state index contributed by atoms with van der Waals surface area (Å²) in [6.45, 7) is 7.37. The Labute approximate surface area is 131 Å². The Bertz CT molecular complexity index is 561. The van der Waals surface area contributed by atoms with E-state index in [2.05, 4.69) is 35.8 Å². The van der Waals surface area contributed by atoms with Crippen LogP contribution in [0.1, 0.15) is 39.3 Å². The minimum absolute atomic E-state index is 0.0331. The van der Waals surface area contributed by atoms with Crippen molar-refractivity contribution in [1.82, 2.24) is 15.0 Å². The molecule has 1 aliphatic heterocycles. The lowest BCUT2D eigenvalue weighted by Gasteiger charge is -2.22. The molecular formula is C14H25N3O2S2. The number of thioether (sulfide) groups is 1. The van der Waals surface area contributed by atoms with Gasteiger partial charge < -0.3 is 10.3 Å². The number of rotatable bonds is 7. The van der Waals surface area contributed by atoms with Crippen LogP contribution in [0.4, 0.5) is 0 Å². The zero-order chi connectivity index (χ0) is 15.5. The summed E-state index contributed by atoms with van der Waals surface area (Å²) in [5.41, 5.74) is 0.880. The highest BCUT2D eigenvalue weighted by molar-refractivity contribution is 8.01. The van der Waals surface area contributed by atoms with Crippen LogP contribution in [-0.2, 0) is 16.6 Å². The fraction of sp³-hybridized carbons (Fsp3) is 0.714. The van der Waals surface area contributed by atoms with Gasteiger partial charge >= 0.3 is 0 Å². The van der Waals surface area contributed by atoms with Gasteiger partial charge in [0.05, 0.1) is 4.90 Å². The van der Waals surface area contributed by atoms with Crippen molar-refractivity contribution in [2.75, 3.05) is 12.3 Å².